The first-order valence-electron chi connectivity index (χ1n) is 7.77. The molecular weight excluding hydrogens is 367 g/mol. The number of nitrogens with zero attached hydrogens (tertiary/aromatic N) is 1. The summed E-state index contributed by atoms with van der Waals surface area (Å²) in [7, 11) is -3.74. The number of benzene rings is 2. The highest BCUT2D eigenvalue weighted by molar-refractivity contribution is 7.92. The Morgan fingerprint density at radius 2 is 1.69 bits per heavy atom. The molecular formula is C18H16F3NO3S. The molecule has 1 aliphatic heterocycles. The third-order valence-corrected chi connectivity index (χ3v) is 6.52. The number of rotatable bonds is 4. The first kappa shape index (κ1) is 18.4. The van der Waals surface area contributed by atoms with E-state index in [2.05, 4.69) is 0 Å². The second kappa shape index (κ2) is 5.84. The van der Waals surface area contributed by atoms with E-state index in [0.717, 1.165) is 23.1 Å². The van der Waals surface area contributed by atoms with Gasteiger partial charge in [-0.3, -0.25) is 4.79 Å². The van der Waals surface area contributed by atoms with Gasteiger partial charge in [0, 0.05) is 13.5 Å². The minimum Gasteiger partial charge on any atom is -0.312 e. The third kappa shape index (κ3) is 2.51. The van der Waals surface area contributed by atoms with Gasteiger partial charge in [-0.05, 0) is 30.7 Å². The van der Waals surface area contributed by atoms with Gasteiger partial charge in [-0.1, -0.05) is 30.3 Å². The quantitative estimate of drug-likeness (QED) is 0.812. The van der Waals surface area contributed by atoms with Gasteiger partial charge in [-0.2, -0.15) is 8.78 Å². The maximum atomic E-state index is 14.8. The summed E-state index contributed by atoms with van der Waals surface area (Å²) in [5, 5.41) is -4.21. The Labute approximate surface area is 149 Å². The molecule has 8 heteroatoms. The number of fused-ring (bicyclic) bond motifs is 1. The Morgan fingerprint density at radius 3 is 2.31 bits per heavy atom. The third-order valence-electron chi connectivity index (χ3n) is 4.70. The molecule has 1 aliphatic rings. The SMILES string of the molecule is CN1C(=O)C(C)(CC(F)(F)S(=O)(=O)c2ccccc2)c2cccc(F)c21. The number of para-hydroxylation sites is 1. The van der Waals surface area contributed by atoms with Gasteiger partial charge in [0.05, 0.1) is 16.0 Å². The maximum Gasteiger partial charge on any atom is 0.351 e. The van der Waals surface area contributed by atoms with Gasteiger partial charge < -0.3 is 4.90 Å². The van der Waals surface area contributed by atoms with Crippen LogP contribution in [0, 0.1) is 5.82 Å². The van der Waals surface area contributed by atoms with Crippen molar-refractivity contribution in [3.8, 4) is 0 Å². The van der Waals surface area contributed by atoms with Crippen LogP contribution >= 0.6 is 0 Å². The monoisotopic (exact) mass is 383 g/mol. The van der Waals surface area contributed by atoms with Crippen LogP contribution in [0.25, 0.3) is 0 Å². The molecule has 0 saturated carbocycles. The van der Waals surface area contributed by atoms with Crippen molar-refractivity contribution in [3.63, 3.8) is 0 Å². The minimum atomic E-state index is -5.02. The molecule has 3 rings (SSSR count). The van der Waals surface area contributed by atoms with E-state index in [9.17, 15) is 26.4 Å². The van der Waals surface area contributed by atoms with Crippen LogP contribution in [0.15, 0.2) is 53.4 Å². The predicted molar refractivity (Wildman–Crippen MR) is 90.4 cm³/mol. The number of hydrogen-bond acceptors (Lipinski definition) is 3. The lowest BCUT2D eigenvalue weighted by Gasteiger charge is -2.28. The molecule has 0 aliphatic carbocycles. The summed E-state index contributed by atoms with van der Waals surface area (Å²) in [6.45, 7) is 1.21. The molecule has 2 aromatic carbocycles. The van der Waals surface area contributed by atoms with Crippen molar-refractivity contribution in [1.29, 1.82) is 0 Å². The van der Waals surface area contributed by atoms with E-state index in [1.165, 1.54) is 44.3 Å². The minimum absolute atomic E-state index is 0.0490. The van der Waals surface area contributed by atoms with Gasteiger partial charge >= 0.3 is 5.25 Å². The van der Waals surface area contributed by atoms with Crippen molar-refractivity contribution in [2.45, 2.75) is 28.9 Å². The number of sulfone groups is 1. The summed E-state index contributed by atoms with van der Waals surface area (Å²) >= 11 is 0. The normalized spacial score (nSPS) is 20.3. The fraction of sp³-hybridized carbons (Fsp3) is 0.278. The highest BCUT2D eigenvalue weighted by Gasteiger charge is 2.57. The van der Waals surface area contributed by atoms with E-state index in [4.69, 9.17) is 0 Å². The number of carbonyl (C=O) groups excluding carboxylic acids is 1. The van der Waals surface area contributed by atoms with Crippen LogP contribution in [-0.2, 0) is 20.0 Å². The molecule has 0 radical (unpaired) electrons. The number of alkyl halides is 2. The Kier molecular flexibility index (Phi) is 4.14. The zero-order valence-electron chi connectivity index (χ0n) is 14.0. The van der Waals surface area contributed by atoms with Crippen LogP contribution in [0.3, 0.4) is 0 Å². The van der Waals surface area contributed by atoms with Gasteiger partial charge in [0.1, 0.15) is 5.82 Å². The summed E-state index contributed by atoms with van der Waals surface area (Å²) in [6, 6.07) is 10.1. The van der Waals surface area contributed by atoms with Crippen molar-refractivity contribution in [1.82, 2.24) is 0 Å². The molecule has 1 unspecified atom stereocenters. The second-order valence-corrected chi connectivity index (χ2v) is 8.54. The van der Waals surface area contributed by atoms with Crippen molar-refractivity contribution >= 4 is 21.4 Å². The average molecular weight is 383 g/mol. The van der Waals surface area contributed by atoms with E-state index in [1.807, 2.05) is 0 Å². The molecule has 0 N–H and O–H groups in total. The predicted octanol–water partition coefficient (Wildman–Crippen LogP) is 3.52. The Morgan fingerprint density at radius 1 is 1.08 bits per heavy atom. The summed E-state index contributed by atoms with van der Waals surface area (Å²) < 4.78 is 68.5. The zero-order valence-corrected chi connectivity index (χ0v) is 14.9. The van der Waals surface area contributed by atoms with Gasteiger partial charge in [-0.25, -0.2) is 12.8 Å². The van der Waals surface area contributed by atoms with E-state index < -0.39 is 43.5 Å². The zero-order chi connectivity index (χ0) is 19.3. The van der Waals surface area contributed by atoms with Crippen LogP contribution in [0.4, 0.5) is 18.9 Å². The molecule has 26 heavy (non-hydrogen) atoms. The van der Waals surface area contributed by atoms with Gasteiger partial charge in [-0.15, -0.1) is 0 Å². The molecule has 4 nitrogen and oxygen atoms in total. The van der Waals surface area contributed by atoms with Crippen molar-refractivity contribution in [2.75, 3.05) is 11.9 Å². The summed E-state index contributed by atoms with van der Waals surface area (Å²) in [6.07, 6.45) is -1.28. The molecule has 2 aromatic rings. The Balaban J connectivity index is 2.08. The van der Waals surface area contributed by atoms with Gasteiger partial charge in [0.15, 0.2) is 0 Å². The lowest BCUT2D eigenvalue weighted by Crippen LogP contribution is -2.43. The van der Waals surface area contributed by atoms with E-state index in [0.29, 0.717) is 0 Å². The summed E-state index contributed by atoms with van der Waals surface area (Å²) in [4.78, 5) is 13.0. The number of amides is 1. The molecule has 1 atom stereocenters. The molecule has 1 heterocycles. The highest BCUT2D eigenvalue weighted by Crippen LogP contribution is 2.49. The average Bonchev–Trinajstić information content (AvgIpc) is 2.78. The molecule has 0 aromatic heterocycles. The standard InChI is InChI=1S/C18H16F3NO3S/c1-17(13-9-6-10-14(19)15(13)22(2)16(17)23)11-18(20,21)26(24,25)12-7-4-3-5-8-12/h3-10H,11H2,1-2H3. The van der Waals surface area contributed by atoms with Crippen LogP contribution < -0.4 is 4.90 Å². The smallest absolute Gasteiger partial charge is 0.312 e. The Bertz CT molecular complexity index is 976. The van der Waals surface area contributed by atoms with Crippen LogP contribution in [0.1, 0.15) is 18.9 Å². The van der Waals surface area contributed by atoms with Crippen LogP contribution in [0.5, 0.6) is 0 Å². The van der Waals surface area contributed by atoms with E-state index in [-0.39, 0.29) is 11.3 Å². The molecule has 138 valence electrons. The van der Waals surface area contributed by atoms with Crippen LogP contribution in [0.2, 0.25) is 0 Å². The first-order chi connectivity index (χ1) is 12.0. The lowest BCUT2D eigenvalue weighted by molar-refractivity contribution is -0.124. The number of anilines is 1. The van der Waals surface area contributed by atoms with Crippen molar-refractivity contribution in [3.05, 3.63) is 59.9 Å². The fourth-order valence-electron chi connectivity index (χ4n) is 3.34. The number of halogens is 3. The number of likely N-dealkylation sites (N-methyl/N-ethyl adjacent to an activating group) is 1. The number of carbonyl (C=O) groups is 1. The topological polar surface area (TPSA) is 54.5 Å². The van der Waals surface area contributed by atoms with Crippen LogP contribution in [-0.4, -0.2) is 26.6 Å². The first-order valence-corrected chi connectivity index (χ1v) is 9.25. The van der Waals surface area contributed by atoms with Gasteiger partial charge in [0.25, 0.3) is 0 Å². The summed E-state index contributed by atoms with van der Waals surface area (Å²) in [5.41, 5.74) is -1.92. The van der Waals surface area contributed by atoms with E-state index in [1.54, 1.807) is 0 Å². The lowest BCUT2D eigenvalue weighted by atomic mass is 9.80. The van der Waals surface area contributed by atoms with Crippen molar-refractivity contribution < 1.29 is 26.4 Å². The number of hydrogen-bond donors (Lipinski definition) is 0. The molecule has 1 amide bonds. The van der Waals surface area contributed by atoms with Gasteiger partial charge in [0.2, 0.25) is 15.7 Å². The molecule has 0 saturated heterocycles. The molecule has 0 bridgehead atoms. The fourth-order valence-corrected chi connectivity index (χ4v) is 4.68. The maximum absolute atomic E-state index is 14.8. The largest absolute Gasteiger partial charge is 0.351 e. The molecule has 0 fully saturated rings. The molecule has 0 spiro atoms. The van der Waals surface area contributed by atoms with E-state index >= 15 is 0 Å². The summed E-state index contributed by atoms with van der Waals surface area (Å²) in [5.74, 6) is -1.50. The van der Waals surface area contributed by atoms with Crippen molar-refractivity contribution in [2.24, 2.45) is 0 Å². The Hall–Kier alpha value is -2.35. The second-order valence-electron chi connectivity index (χ2n) is 6.46. The highest BCUT2D eigenvalue weighted by atomic mass is 32.2.